The number of halogens is 1. The van der Waals surface area contributed by atoms with Crippen LogP contribution in [-0.2, 0) is 16.0 Å². The number of aromatic carboxylic acids is 1. The van der Waals surface area contributed by atoms with Gasteiger partial charge in [-0.05, 0) is 42.9 Å². The molecule has 0 fully saturated rings. The number of esters is 1. The van der Waals surface area contributed by atoms with Crippen molar-refractivity contribution in [1.29, 1.82) is 0 Å². The van der Waals surface area contributed by atoms with E-state index in [-0.39, 0.29) is 17.9 Å². The zero-order valence-corrected chi connectivity index (χ0v) is 14.9. The van der Waals surface area contributed by atoms with Gasteiger partial charge in [0.2, 0.25) is 0 Å². The molecule has 23 heavy (non-hydrogen) atoms. The predicted molar refractivity (Wildman–Crippen MR) is 87.7 cm³/mol. The standard InChI is InChI=1S/C14H14IN3O5/c1-4-7-9(13(20)21)17-18-11(15)8(6(3)16-12(7)18)10(19)14(22)23-5-2/h4-5H2,1-3H3,(H,20,21). The fourth-order valence-corrected chi connectivity index (χ4v) is 3.19. The number of rotatable bonds is 5. The summed E-state index contributed by atoms with van der Waals surface area (Å²) < 4.78 is 6.33. The molecule has 0 aliphatic rings. The van der Waals surface area contributed by atoms with Gasteiger partial charge in [-0.3, -0.25) is 4.79 Å². The number of ketones is 1. The minimum Gasteiger partial charge on any atom is -0.476 e. The zero-order chi connectivity index (χ0) is 17.3. The van der Waals surface area contributed by atoms with Gasteiger partial charge in [-0.15, -0.1) is 0 Å². The minimum atomic E-state index is -1.17. The molecular weight excluding hydrogens is 417 g/mol. The summed E-state index contributed by atoms with van der Waals surface area (Å²) in [6.45, 7) is 5.07. The fourth-order valence-electron chi connectivity index (χ4n) is 2.22. The lowest BCUT2D eigenvalue weighted by molar-refractivity contribution is -0.137. The van der Waals surface area contributed by atoms with Crippen LogP contribution in [0.4, 0.5) is 0 Å². The molecule has 0 saturated heterocycles. The Balaban J connectivity index is 2.73. The van der Waals surface area contributed by atoms with Crippen LogP contribution in [0, 0.1) is 10.6 Å². The van der Waals surface area contributed by atoms with Crippen LogP contribution in [0.15, 0.2) is 0 Å². The highest BCUT2D eigenvalue weighted by atomic mass is 127. The maximum absolute atomic E-state index is 12.2. The van der Waals surface area contributed by atoms with E-state index in [4.69, 9.17) is 4.74 Å². The average molecular weight is 431 g/mol. The summed E-state index contributed by atoms with van der Waals surface area (Å²) in [6, 6.07) is 0. The Kier molecular flexibility index (Phi) is 4.97. The van der Waals surface area contributed by atoms with Crippen molar-refractivity contribution in [3.05, 3.63) is 26.2 Å². The normalized spacial score (nSPS) is 10.8. The monoisotopic (exact) mass is 431 g/mol. The average Bonchev–Trinajstić information content (AvgIpc) is 2.86. The zero-order valence-electron chi connectivity index (χ0n) is 12.7. The first kappa shape index (κ1) is 17.3. The van der Waals surface area contributed by atoms with Crippen LogP contribution in [-0.4, -0.2) is 44.0 Å². The van der Waals surface area contributed by atoms with Gasteiger partial charge in [0.25, 0.3) is 5.78 Å². The number of Topliss-reactive ketones (excluding diaryl/α,β-unsaturated/α-hetero) is 1. The van der Waals surface area contributed by atoms with Crippen molar-refractivity contribution in [2.24, 2.45) is 0 Å². The number of hydrogen-bond donors (Lipinski definition) is 1. The molecule has 0 spiro atoms. The van der Waals surface area contributed by atoms with Crippen LogP contribution in [0.3, 0.4) is 0 Å². The minimum absolute atomic E-state index is 0.0682. The largest absolute Gasteiger partial charge is 0.476 e. The number of carbonyl (C=O) groups excluding carboxylic acids is 2. The molecule has 122 valence electrons. The van der Waals surface area contributed by atoms with Crippen LogP contribution >= 0.6 is 22.6 Å². The summed E-state index contributed by atoms with van der Waals surface area (Å²) in [7, 11) is 0. The predicted octanol–water partition coefficient (Wildman–Crippen LogP) is 1.65. The Labute approximate surface area is 145 Å². The second-order valence-electron chi connectivity index (χ2n) is 4.63. The first-order valence-corrected chi connectivity index (χ1v) is 7.93. The van der Waals surface area contributed by atoms with Crippen molar-refractivity contribution in [2.75, 3.05) is 6.61 Å². The Morgan fingerprint density at radius 3 is 2.48 bits per heavy atom. The highest BCUT2D eigenvalue weighted by Crippen LogP contribution is 2.23. The molecule has 0 amide bonds. The molecule has 0 unspecified atom stereocenters. The van der Waals surface area contributed by atoms with E-state index in [0.29, 0.717) is 27.0 Å². The molecule has 0 bridgehead atoms. The smallest absolute Gasteiger partial charge is 0.379 e. The van der Waals surface area contributed by atoms with E-state index < -0.39 is 17.7 Å². The van der Waals surface area contributed by atoms with Crippen molar-refractivity contribution >= 4 is 46.0 Å². The van der Waals surface area contributed by atoms with E-state index in [1.54, 1.807) is 20.8 Å². The lowest BCUT2D eigenvalue weighted by Crippen LogP contribution is -2.22. The van der Waals surface area contributed by atoms with Crippen LogP contribution < -0.4 is 0 Å². The quantitative estimate of drug-likeness (QED) is 0.252. The summed E-state index contributed by atoms with van der Waals surface area (Å²) in [4.78, 5) is 39.5. The first-order valence-electron chi connectivity index (χ1n) is 6.85. The van der Waals surface area contributed by atoms with Gasteiger partial charge in [0, 0.05) is 5.56 Å². The van der Waals surface area contributed by atoms with Gasteiger partial charge >= 0.3 is 11.9 Å². The van der Waals surface area contributed by atoms with Crippen LogP contribution in [0.2, 0.25) is 0 Å². The number of hydrogen-bond acceptors (Lipinski definition) is 6. The number of aromatic nitrogens is 3. The topological polar surface area (TPSA) is 111 Å². The summed E-state index contributed by atoms with van der Waals surface area (Å²) in [6.07, 6.45) is 0.429. The van der Waals surface area contributed by atoms with Crippen molar-refractivity contribution < 1.29 is 24.2 Å². The molecule has 9 heteroatoms. The molecule has 0 saturated carbocycles. The maximum atomic E-state index is 12.2. The third-order valence-corrected chi connectivity index (χ3v) is 4.22. The van der Waals surface area contributed by atoms with E-state index in [2.05, 4.69) is 10.1 Å². The molecule has 0 aromatic carbocycles. The molecule has 8 nitrogen and oxygen atoms in total. The summed E-state index contributed by atoms with van der Waals surface area (Å²) in [5.41, 5.74) is 1.13. The van der Waals surface area contributed by atoms with Crippen molar-refractivity contribution in [1.82, 2.24) is 14.6 Å². The van der Waals surface area contributed by atoms with Crippen molar-refractivity contribution in [3.63, 3.8) is 0 Å². The summed E-state index contributed by atoms with van der Waals surface area (Å²) in [5.74, 6) is -2.97. The van der Waals surface area contributed by atoms with Crippen LogP contribution in [0.25, 0.3) is 5.65 Å². The number of aryl methyl sites for hydroxylation is 2. The van der Waals surface area contributed by atoms with Gasteiger partial charge in [0.05, 0.1) is 17.9 Å². The molecule has 0 atom stereocenters. The molecule has 2 aromatic heterocycles. The summed E-state index contributed by atoms with van der Waals surface area (Å²) in [5, 5.41) is 13.3. The molecule has 2 heterocycles. The lowest BCUT2D eigenvalue weighted by atomic mass is 10.1. The number of fused-ring (bicyclic) bond motifs is 1. The van der Waals surface area contributed by atoms with Gasteiger partial charge in [-0.25, -0.2) is 19.1 Å². The fraction of sp³-hybridized carbons (Fsp3) is 0.357. The third-order valence-electron chi connectivity index (χ3n) is 3.23. The SMILES string of the molecule is CCOC(=O)C(=O)c1c(C)nc2c(CC)c(C(=O)O)nn2c1I. The molecule has 0 aliphatic heterocycles. The van der Waals surface area contributed by atoms with Crippen molar-refractivity contribution in [2.45, 2.75) is 27.2 Å². The molecule has 2 aromatic rings. The Morgan fingerprint density at radius 2 is 1.96 bits per heavy atom. The highest BCUT2D eigenvalue weighted by Gasteiger charge is 2.28. The second-order valence-corrected chi connectivity index (χ2v) is 5.66. The van der Waals surface area contributed by atoms with E-state index in [9.17, 15) is 19.5 Å². The molecule has 2 rings (SSSR count). The molecule has 0 aliphatic carbocycles. The molecule has 1 N–H and O–H groups in total. The second kappa shape index (κ2) is 6.60. The Hall–Kier alpha value is -2.04. The van der Waals surface area contributed by atoms with E-state index in [0.717, 1.165) is 0 Å². The number of ether oxygens (including phenoxy) is 1. The number of nitrogens with zero attached hydrogens (tertiary/aromatic N) is 3. The Bertz CT molecular complexity index is 828. The van der Waals surface area contributed by atoms with E-state index >= 15 is 0 Å². The Morgan fingerprint density at radius 1 is 1.30 bits per heavy atom. The van der Waals surface area contributed by atoms with Gasteiger partial charge in [0.15, 0.2) is 11.3 Å². The van der Waals surface area contributed by atoms with Gasteiger partial charge in [-0.2, -0.15) is 5.10 Å². The van der Waals surface area contributed by atoms with Gasteiger partial charge in [0.1, 0.15) is 3.70 Å². The lowest BCUT2D eigenvalue weighted by Gasteiger charge is -2.08. The molecular formula is C14H14IN3O5. The number of carboxylic acids is 1. The third kappa shape index (κ3) is 2.92. The van der Waals surface area contributed by atoms with E-state index in [1.165, 1.54) is 4.52 Å². The number of carboxylic acid groups (broad SMARTS) is 1. The van der Waals surface area contributed by atoms with E-state index in [1.807, 2.05) is 22.6 Å². The first-order chi connectivity index (χ1) is 10.8. The van der Waals surface area contributed by atoms with Gasteiger partial charge < -0.3 is 9.84 Å². The highest BCUT2D eigenvalue weighted by molar-refractivity contribution is 14.1. The summed E-state index contributed by atoms with van der Waals surface area (Å²) >= 11 is 1.85. The van der Waals surface area contributed by atoms with Crippen LogP contribution in [0.1, 0.15) is 46.0 Å². The van der Waals surface area contributed by atoms with Gasteiger partial charge in [-0.1, -0.05) is 6.92 Å². The molecule has 0 radical (unpaired) electrons. The maximum Gasteiger partial charge on any atom is 0.379 e. The van der Waals surface area contributed by atoms with Crippen molar-refractivity contribution in [3.8, 4) is 0 Å². The number of carbonyl (C=O) groups is 3. The van der Waals surface area contributed by atoms with Crippen LogP contribution in [0.5, 0.6) is 0 Å².